The van der Waals surface area contributed by atoms with E-state index in [-0.39, 0.29) is 16.8 Å². The predicted octanol–water partition coefficient (Wildman–Crippen LogP) is 1.14. The molecule has 1 aromatic rings. The number of nitrogens with one attached hydrogen (secondary N) is 1. The summed E-state index contributed by atoms with van der Waals surface area (Å²) in [5.74, 6) is 5.41. The molecule has 0 aliphatic heterocycles. The van der Waals surface area contributed by atoms with Crippen LogP contribution in [0.3, 0.4) is 0 Å². The lowest BCUT2D eigenvalue weighted by Crippen LogP contribution is -2.15. The van der Waals surface area contributed by atoms with Crippen molar-refractivity contribution in [3.8, 4) is 0 Å². The molecule has 17 heavy (non-hydrogen) atoms. The Kier molecular flexibility index (Phi) is 4.67. The molecule has 94 valence electrons. The predicted molar refractivity (Wildman–Crippen MR) is 65.7 cm³/mol. The molecule has 2 atom stereocenters. The number of aliphatic hydroxyl groups excluding tert-OH is 1. The number of hydrogen-bond acceptors (Lipinski definition) is 7. The SMILES string of the molecule is CC(O)C(C)Sc1cc([N+](=O)[O-])cc(NN)n1. The molecule has 0 aromatic carbocycles. The van der Waals surface area contributed by atoms with Gasteiger partial charge in [-0.2, -0.15) is 0 Å². The molecular weight excluding hydrogens is 244 g/mol. The van der Waals surface area contributed by atoms with Gasteiger partial charge in [0.25, 0.3) is 5.69 Å². The van der Waals surface area contributed by atoms with Crippen LogP contribution in [0, 0.1) is 10.1 Å². The molecule has 4 N–H and O–H groups in total. The Balaban J connectivity index is 2.98. The topological polar surface area (TPSA) is 114 Å². The smallest absolute Gasteiger partial charge is 0.275 e. The maximum atomic E-state index is 10.7. The zero-order valence-electron chi connectivity index (χ0n) is 9.45. The zero-order chi connectivity index (χ0) is 13.0. The first kappa shape index (κ1) is 13.7. The van der Waals surface area contributed by atoms with Crippen molar-refractivity contribution in [2.24, 2.45) is 5.84 Å². The third kappa shape index (κ3) is 3.84. The summed E-state index contributed by atoms with van der Waals surface area (Å²) in [5, 5.41) is 20.4. The van der Waals surface area contributed by atoms with Gasteiger partial charge in [-0.05, 0) is 6.92 Å². The summed E-state index contributed by atoms with van der Waals surface area (Å²) in [6, 6.07) is 2.60. The second-order valence-corrected chi connectivity index (χ2v) is 4.91. The maximum Gasteiger partial charge on any atom is 0.275 e. The molecule has 7 nitrogen and oxygen atoms in total. The van der Waals surface area contributed by atoms with Crippen molar-refractivity contribution < 1.29 is 10.0 Å². The molecule has 0 radical (unpaired) electrons. The van der Waals surface area contributed by atoms with E-state index in [0.29, 0.717) is 5.03 Å². The maximum absolute atomic E-state index is 10.7. The van der Waals surface area contributed by atoms with Crippen LogP contribution in [-0.2, 0) is 0 Å². The van der Waals surface area contributed by atoms with Crippen LogP contribution in [0.2, 0.25) is 0 Å². The monoisotopic (exact) mass is 258 g/mol. The highest BCUT2D eigenvalue weighted by Crippen LogP contribution is 2.28. The molecule has 0 amide bonds. The summed E-state index contributed by atoms with van der Waals surface area (Å²) >= 11 is 1.25. The molecule has 0 fully saturated rings. The third-order valence-electron chi connectivity index (χ3n) is 2.13. The number of hydrogen-bond donors (Lipinski definition) is 3. The number of aromatic nitrogens is 1. The largest absolute Gasteiger partial charge is 0.392 e. The van der Waals surface area contributed by atoms with Crippen molar-refractivity contribution in [3.05, 3.63) is 22.2 Å². The van der Waals surface area contributed by atoms with Crippen molar-refractivity contribution in [1.29, 1.82) is 0 Å². The molecule has 1 heterocycles. The van der Waals surface area contributed by atoms with Crippen LogP contribution < -0.4 is 11.3 Å². The van der Waals surface area contributed by atoms with Gasteiger partial charge in [0.15, 0.2) is 0 Å². The van der Waals surface area contributed by atoms with Crippen molar-refractivity contribution in [2.45, 2.75) is 30.2 Å². The molecule has 0 aliphatic rings. The molecule has 8 heteroatoms. The standard InChI is InChI=1S/C9H14N4O3S/c1-5(14)6(2)17-9-4-7(13(15)16)3-8(11-9)12-10/h3-6,14H,10H2,1-2H3,(H,11,12). The molecule has 0 bridgehead atoms. The van der Waals surface area contributed by atoms with E-state index in [0.717, 1.165) is 0 Å². The fourth-order valence-corrected chi connectivity index (χ4v) is 1.94. The Morgan fingerprint density at radius 2 is 2.24 bits per heavy atom. The van der Waals surface area contributed by atoms with Crippen LogP contribution >= 0.6 is 11.8 Å². The summed E-state index contributed by atoms with van der Waals surface area (Å²) in [4.78, 5) is 14.2. The average molecular weight is 258 g/mol. The van der Waals surface area contributed by atoms with Gasteiger partial charge in [-0.3, -0.25) is 10.1 Å². The number of thioether (sulfide) groups is 1. The van der Waals surface area contributed by atoms with E-state index in [1.54, 1.807) is 6.92 Å². The van der Waals surface area contributed by atoms with Crippen LogP contribution in [0.15, 0.2) is 17.2 Å². The fraction of sp³-hybridized carbons (Fsp3) is 0.444. The van der Waals surface area contributed by atoms with Gasteiger partial charge >= 0.3 is 0 Å². The van der Waals surface area contributed by atoms with Crippen molar-refractivity contribution >= 4 is 23.3 Å². The number of nitrogens with two attached hydrogens (primary N) is 1. The number of aliphatic hydroxyl groups is 1. The van der Waals surface area contributed by atoms with Gasteiger partial charge in [-0.25, -0.2) is 10.8 Å². The molecule has 0 saturated carbocycles. The van der Waals surface area contributed by atoms with E-state index in [1.165, 1.54) is 23.9 Å². The minimum absolute atomic E-state index is 0.0896. The molecule has 1 rings (SSSR count). The number of hydrazine groups is 1. The Hall–Kier alpha value is -1.38. The summed E-state index contributed by atoms with van der Waals surface area (Å²) in [6.45, 7) is 3.46. The first-order chi connectivity index (χ1) is 7.93. The molecule has 0 spiro atoms. The second kappa shape index (κ2) is 5.80. The van der Waals surface area contributed by atoms with Gasteiger partial charge in [0.05, 0.1) is 17.1 Å². The van der Waals surface area contributed by atoms with Crippen LogP contribution in [0.5, 0.6) is 0 Å². The molecule has 0 saturated heterocycles. The number of pyridine rings is 1. The quantitative estimate of drug-likeness (QED) is 0.314. The summed E-state index contributed by atoms with van der Waals surface area (Å²) in [6.07, 6.45) is -0.532. The van der Waals surface area contributed by atoms with E-state index >= 15 is 0 Å². The highest BCUT2D eigenvalue weighted by molar-refractivity contribution is 7.99. The minimum atomic E-state index is -0.532. The van der Waals surface area contributed by atoms with Gasteiger partial charge < -0.3 is 10.5 Å². The Morgan fingerprint density at radius 1 is 1.59 bits per heavy atom. The Morgan fingerprint density at radius 3 is 2.71 bits per heavy atom. The lowest BCUT2D eigenvalue weighted by molar-refractivity contribution is -0.385. The van der Waals surface area contributed by atoms with E-state index in [1.807, 2.05) is 6.92 Å². The average Bonchev–Trinajstić information content (AvgIpc) is 2.28. The fourth-order valence-electron chi connectivity index (χ4n) is 1.02. The number of nitrogen functional groups attached to an aromatic ring is 1. The number of nitro groups is 1. The third-order valence-corrected chi connectivity index (χ3v) is 3.35. The van der Waals surface area contributed by atoms with Gasteiger partial charge in [0.2, 0.25) is 0 Å². The van der Waals surface area contributed by atoms with E-state index in [4.69, 9.17) is 5.84 Å². The summed E-state index contributed by atoms with van der Waals surface area (Å²) in [5.41, 5.74) is 2.18. The van der Waals surface area contributed by atoms with Crippen molar-refractivity contribution in [1.82, 2.24) is 4.98 Å². The lowest BCUT2D eigenvalue weighted by atomic mass is 10.3. The van der Waals surface area contributed by atoms with Crippen LogP contribution in [-0.4, -0.2) is 26.4 Å². The number of nitrogens with zero attached hydrogens (tertiary/aromatic N) is 2. The van der Waals surface area contributed by atoms with Crippen LogP contribution in [0.4, 0.5) is 11.5 Å². The normalized spacial score (nSPS) is 14.1. The molecular formula is C9H14N4O3S. The van der Waals surface area contributed by atoms with Crippen molar-refractivity contribution in [3.63, 3.8) is 0 Å². The van der Waals surface area contributed by atoms with E-state index < -0.39 is 11.0 Å². The molecule has 1 aromatic heterocycles. The first-order valence-electron chi connectivity index (χ1n) is 4.92. The lowest BCUT2D eigenvalue weighted by Gasteiger charge is -2.13. The summed E-state index contributed by atoms with van der Waals surface area (Å²) in [7, 11) is 0. The number of rotatable bonds is 5. The Labute approximate surface area is 103 Å². The second-order valence-electron chi connectivity index (χ2n) is 3.51. The Bertz CT molecular complexity index is 413. The zero-order valence-corrected chi connectivity index (χ0v) is 10.3. The van der Waals surface area contributed by atoms with Crippen LogP contribution in [0.25, 0.3) is 0 Å². The highest BCUT2D eigenvalue weighted by Gasteiger charge is 2.15. The molecule has 2 unspecified atom stereocenters. The van der Waals surface area contributed by atoms with Gasteiger partial charge in [-0.1, -0.05) is 6.92 Å². The van der Waals surface area contributed by atoms with Crippen molar-refractivity contribution in [2.75, 3.05) is 5.43 Å². The van der Waals surface area contributed by atoms with Crippen LogP contribution in [0.1, 0.15) is 13.8 Å². The molecule has 0 aliphatic carbocycles. The van der Waals surface area contributed by atoms with Gasteiger partial charge in [0, 0.05) is 11.3 Å². The minimum Gasteiger partial charge on any atom is -0.392 e. The van der Waals surface area contributed by atoms with E-state index in [2.05, 4.69) is 10.4 Å². The van der Waals surface area contributed by atoms with Gasteiger partial charge in [0.1, 0.15) is 10.8 Å². The summed E-state index contributed by atoms with van der Waals surface area (Å²) < 4.78 is 0. The highest BCUT2D eigenvalue weighted by atomic mass is 32.2. The van der Waals surface area contributed by atoms with Gasteiger partial charge in [-0.15, -0.1) is 11.8 Å². The first-order valence-corrected chi connectivity index (χ1v) is 5.80. The number of anilines is 1. The van der Waals surface area contributed by atoms with E-state index in [9.17, 15) is 15.2 Å².